The zero-order valence-corrected chi connectivity index (χ0v) is 12.3. The lowest BCUT2D eigenvalue weighted by Gasteiger charge is -2.29. The van der Waals surface area contributed by atoms with E-state index in [-0.39, 0.29) is 5.92 Å². The van der Waals surface area contributed by atoms with Gasteiger partial charge in [-0.3, -0.25) is 9.69 Å². The van der Waals surface area contributed by atoms with Crippen LogP contribution in [0.3, 0.4) is 0 Å². The molecule has 0 amide bonds. The number of carbonyl (C=O) groups is 1. The van der Waals surface area contributed by atoms with Crippen molar-refractivity contribution in [3.8, 4) is 5.88 Å². The third-order valence-electron chi connectivity index (χ3n) is 4.35. The molecule has 1 aliphatic rings. The maximum absolute atomic E-state index is 11.6. The van der Waals surface area contributed by atoms with Gasteiger partial charge in [0.25, 0.3) is 0 Å². The molecule has 2 heterocycles. The second kappa shape index (κ2) is 5.79. The van der Waals surface area contributed by atoms with Gasteiger partial charge in [0.1, 0.15) is 0 Å². The van der Waals surface area contributed by atoms with Crippen LogP contribution in [0, 0.1) is 11.3 Å². The van der Waals surface area contributed by atoms with E-state index in [1.807, 2.05) is 26.0 Å². The SMILES string of the molecule is COc1ncccc1CN1CCC(C(=O)O)(C(C)C)C1. The molecular formula is C15H22N2O3. The molecule has 5 nitrogen and oxygen atoms in total. The van der Waals surface area contributed by atoms with Crippen LogP contribution in [0.4, 0.5) is 0 Å². The fourth-order valence-corrected chi connectivity index (χ4v) is 2.91. The van der Waals surface area contributed by atoms with Crippen molar-refractivity contribution in [1.82, 2.24) is 9.88 Å². The van der Waals surface area contributed by atoms with Gasteiger partial charge >= 0.3 is 5.97 Å². The van der Waals surface area contributed by atoms with E-state index in [4.69, 9.17) is 4.74 Å². The highest BCUT2D eigenvalue weighted by Gasteiger charge is 2.47. The quantitative estimate of drug-likeness (QED) is 0.893. The van der Waals surface area contributed by atoms with Crippen LogP contribution in [-0.4, -0.2) is 41.2 Å². The molecule has 2 rings (SSSR count). The van der Waals surface area contributed by atoms with Crippen LogP contribution in [0.5, 0.6) is 5.88 Å². The van der Waals surface area contributed by atoms with E-state index in [1.165, 1.54) is 0 Å². The first kappa shape index (κ1) is 14.8. The highest BCUT2D eigenvalue weighted by atomic mass is 16.5. The van der Waals surface area contributed by atoms with Gasteiger partial charge in [-0.2, -0.15) is 0 Å². The number of aliphatic carboxylic acids is 1. The molecule has 0 aliphatic carbocycles. The molecule has 1 unspecified atom stereocenters. The van der Waals surface area contributed by atoms with Gasteiger partial charge in [-0.1, -0.05) is 19.9 Å². The Morgan fingerprint density at radius 1 is 1.60 bits per heavy atom. The molecule has 0 radical (unpaired) electrons. The highest BCUT2D eigenvalue weighted by Crippen LogP contribution is 2.39. The summed E-state index contributed by atoms with van der Waals surface area (Å²) in [4.78, 5) is 18.0. The van der Waals surface area contributed by atoms with Crippen molar-refractivity contribution in [3.63, 3.8) is 0 Å². The van der Waals surface area contributed by atoms with E-state index in [0.717, 1.165) is 12.1 Å². The number of methoxy groups -OCH3 is 1. The average Bonchev–Trinajstić information content (AvgIpc) is 2.85. The van der Waals surface area contributed by atoms with E-state index in [1.54, 1.807) is 13.3 Å². The number of aromatic nitrogens is 1. The Morgan fingerprint density at radius 2 is 2.35 bits per heavy atom. The molecule has 0 bridgehead atoms. The van der Waals surface area contributed by atoms with E-state index < -0.39 is 11.4 Å². The van der Waals surface area contributed by atoms with Crippen molar-refractivity contribution < 1.29 is 14.6 Å². The molecular weight excluding hydrogens is 256 g/mol. The normalized spacial score (nSPS) is 23.2. The van der Waals surface area contributed by atoms with Gasteiger partial charge in [0.05, 0.1) is 12.5 Å². The zero-order chi connectivity index (χ0) is 14.8. The maximum Gasteiger partial charge on any atom is 0.311 e. The molecule has 1 atom stereocenters. The number of carboxylic acid groups (broad SMARTS) is 1. The summed E-state index contributed by atoms with van der Waals surface area (Å²) in [6, 6.07) is 3.85. The van der Waals surface area contributed by atoms with Crippen LogP contribution in [0.15, 0.2) is 18.3 Å². The molecule has 0 aromatic carbocycles. The Hall–Kier alpha value is -1.62. The standard InChI is InChI=1S/C15H22N2O3/c1-11(2)15(14(18)19)6-8-17(10-15)9-12-5-4-7-16-13(12)20-3/h4-5,7,11H,6,8-10H2,1-3H3,(H,18,19). The number of carboxylic acids is 1. The van der Waals surface area contributed by atoms with Crippen LogP contribution < -0.4 is 4.74 Å². The fraction of sp³-hybridized carbons (Fsp3) is 0.600. The molecule has 1 aromatic heterocycles. The predicted octanol–water partition coefficient (Wildman–Crippen LogP) is 2.02. The van der Waals surface area contributed by atoms with Crippen molar-refractivity contribution in [2.45, 2.75) is 26.8 Å². The third-order valence-corrected chi connectivity index (χ3v) is 4.35. The first-order valence-electron chi connectivity index (χ1n) is 6.93. The lowest BCUT2D eigenvalue weighted by Crippen LogP contribution is -2.39. The number of rotatable bonds is 5. The molecule has 0 spiro atoms. The Bertz CT molecular complexity index is 490. The number of likely N-dealkylation sites (tertiary alicyclic amines) is 1. The molecule has 1 saturated heterocycles. The number of nitrogens with zero attached hydrogens (tertiary/aromatic N) is 2. The maximum atomic E-state index is 11.6. The van der Waals surface area contributed by atoms with Gasteiger partial charge in [-0.05, 0) is 24.9 Å². The summed E-state index contributed by atoms with van der Waals surface area (Å²) < 4.78 is 5.25. The van der Waals surface area contributed by atoms with Gasteiger partial charge in [0.15, 0.2) is 0 Å². The smallest absolute Gasteiger partial charge is 0.311 e. The summed E-state index contributed by atoms with van der Waals surface area (Å²) in [6.07, 6.45) is 2.39. The van der Waals surface area contributed by atoms with Crippen molar-refractivity contribution in [1.29, 1.82) is 0 Å². The molecule has 0 saturated carbocycles. The number of ether oxygens (including phenoxy) is 1. The predicted molar refractivity (Wildman–Crippen MR) is 75.6 cm³/mol. The second-order valence-corrected chi connectivity index (χ2v) is 5.75. The van der Waals surface area contributed by atoms with Crippen molar-refractivity contribution in [2.75, 3.05) is 20.2 Å². The lowest BCUT2D eigenvalue weighted by molar-refractivity contribution is -0.151. The summed E-state index contributed by atoms with van der Waals surface area (Å²) in [5, 5.41) is 9.56. The Labute approximate surface area is 119 Å². The molecule has 1 fully saturated rings. The minimum atomic E-state index is -0.687. The van der Waals surface area contributed by atoms with Gasteiger partial charge in [0, 0.05) is 24.8 Å². The molecule has 1 N–H and O–H groups in total. The Kier molecular flexibility index (Phi) is 4.28. The van der Waals surface area contributed by atoms with Crippen LogP contribution in [0.1, 0.15) is 25.8 Å². The fourth-order valence-electron chi connectivity index (χ4n) is 2.91. The van der Waals surface area contributed by atoms with Gasteiger partial charge in [0.2, 0.25) is 5.88 Å². The molecule has 1 aromatic rings. The minimum absolute atomic E-state index is 0.126. The van der Waals surface area contributed by atoms with Gasteiger partial charge < -0.3 is 9.84 Å². The Morgan fingerprint density at radius 3 is 2.90 bits per heavy atom. The molecule has 1 aliphatic heterocycles. The van der Waals surface area contributed by atoms with E-state index in [0.29, 0.717) is 25.4 Å². The Balaban J connectivity index is 2.12. The first-order valence-corrected chi connectivity index (χ1v) is 6.93. The van der Waals surface area contributed by atoms with E-state index >= 15 is 0 Å². The zero-order valence-electron chi connectivity index (χ0n) is 12.3. The first-order chi connectivity index (χ1) is 9.49. The summed E-state index contributed by atoms with van der Waals surface area (Å²) >= 11 is 0. The summed E-state index contributed by atoms with van der Waals surface area (Å²) in [5.74, 6) is 0.0545. The summed E-state index contributed by atoms with van der Waals surface area (Å²) in [5.41, 5.74) is 0.370. The lowest BCUT2D eigenvalue weighted by atomic mass is 9.76. The van der Waals surface area contributed by atoms with E-state index in [9.17, 15) is 9.90 Å². The van der Waals surface area contributed by atoms with Crippen LogP contribution in [-0.2, 0) is 11.3 Å². The van der Waals surface area contributed by atoms with Crippen molar-refractivity contribution in [2.24, 2.45) is 11.3 Å². The van der Waals surface area contributed by atoms with Crippen LogP contribution >= 0.6 is 0 Å². The van der Waals surface area contributed by atoms with E-state index in [2.05, 4.69) is 9.88 Å². The van der Waals surface area contributed by atoms with Crippen LogP contribution in [0.2, 0.25) is 0 Å². The number of hydrogen-bond donors (Lipinski definition) is 1. The largest absolute Gasteiger partial charge is 0.481 e. The van der Waals surface area contributed by atoms with Gasteiger partial charge in [-0.15, -0.1) is 0 Å². The summed E-state index contributed by atoms with van der Waals surface area (Å²) in [7, 11) is 1.60. The van der Waals surface area contributed by atoms with Crippen LogP contribution in [0.25, 0.3) is 0 Å². The highest BCUT2D eigenvalue weighted by molar-refractivity contribution is 5.75. The number of pyridine rings is 1. The summed E-state index contributed by atoms with van der Waals surface area (Å²) in [6.45, 7) is 6.03. The second-order valence-electron chi connectivity index (χ2n) is 5.75. The minimum Gasteiger partial charge on any atom is -0.481 e. The molecule has 5 heteroatoms. The van der Waals surface area contributed by atoms with Crippen molar-refractivity contribution >= 4 is 5.97 Å². The topological polar surface area (TPSA) is 62.7 Å². The van der Waals surface area contributed by atoms with Gasteiger partial charge in [-0.25, -0.2) is 4.98 Å². The monoisotopic (exact) mass is 278 g/mol. The third kappa shape index (κ3) is 2.63. The van der Waals surface area contributed by atoms with Crippen molar-refractivity contribution in [3.05, 3.63) is 23.9 Å². The molecule has 20 heavy (non-hydrogen) atoms. The average molecular weight is 278 g/mol. The molecule has 110 valence electrons. The number of hydrogen-bond acceptors (Lipinski definition) is 4.